The van der Waals surface area contributed by atoms with Crippen molar-refractivity contribution in [3.05, 3.63) is 30.1 Å². The van der Waals surface area contributed by atoms with Crippen LogP contribution in [0.2, 0.25) is 0 Å². The lowest BCUT2D eigenvalue weighted by molar-refractivity contribution is 0.567. The number of hydrogen-bond acceptors (Lipinski definition) is 3. The molecule has 0 unspecified atom stereocenters. The van der Waals surface area contributed by atoms with E-state index in [1.807, 2.05) is 0 Å². The van der Waals surface area contributed by atoms with Gasteiger partial charge in [-0.2, -0.15) is 0 Å². The normalized spacial score (nSPS) is 10.7. The van der Waals surface area contributed by atoms with Crippen LogP contribution in [-0.2, 0) is 9.84 Å². The molecule has 0 aromatic heterocycles. The Hall–Kier alpha value is -0.650. The minimum Gasteiger partial charge on any atom is -0.329 e. The second-order valence-corrected chi connectivity index (χ2v) is 4.62. The van der Waals surface area contributed by atoms with E-state index in [1.165, 1.54) is 18.2 Å². The lowest BCUT2D eigenvalue weighted by Crippen LogP contribution is -2.16. The Labute approximate surface area is 88.4 Å². The summed E-state index contributed by atoms with van der Waals surface area (Å²) in [6.45, 7) is -0.00331. The Morgan fingerprint density at radius 3 is 2.36 bits per heavy atom. The van der Waals surface area contributed by atoms with E-state index in [9.17, 15) is 12.8 Å². The highest BCUT2D eigenvalue weighted by molar-refractivity contribution is 7.91. The molecule has 3 nitrogen and oxygen atoms in total. The fourth-order valence-corrected chi connectivity index (χ4v) is 2.14. The first-order valence-electron chi connectivity index (χ1n) is 3.75. The largest absolute Gasteiger partial charge is 0.329 e. The molecule has 80 valence electrons. The highest BCUT2D eigenvalue weighted by Gasteiger charge is 2.16. The van der Waals surface area contributed by atoms with Crippen LogP contribution in [0, 0.1) is 5.82 Å². The van der Waals surface area contributed by atoms with E-state index in [2.05, 4.69) is 0 Å². The molecule has 0 aliphatic carbocycles. The van der Waals surface area contributed by atoms with E-state index >= 15 is 0 Å². The average Bonchev–Trinajstić information content (AvgIpc) is 2.04. The van der Waals surface area contributed by atoms with Crippen LogP contribution in [0.25, 0.3) is 0 Å². The van der Waals surface area contributed by atoms with Gasteiger partial charge in [-0.25, -0.2) is 12.8 Å². The van der Waals surface area contributed by atoms with E-state index in [0.29, 0.717) is 0 Å². The van der Waals surface area contributed by atoms with Gasteiger partial charge in [-0.1, -0.05) is 12.1 Å². The molecule has 0 saturated heterocycles. The van der Waals surface area contributed by atoms with Crippen molar-refractivity contribution in [2.75, 3.05) is 12.3 Å². The molecule has 1 rings (SSSR count). The third kappa shape index (κ3) is 2.94. The summed E-state index contributed by atoms with van der Waals surface area (Å²) < 4.78 is 35.7. The average molecular weight is 240 g/mol. The van der Waals surface area contributed by atoms with Crippen molar-refractivity contribution in [1.29, 1.82) is 0 Å². The Bertz CT molecular complexity index is 394. The fraction of sp³-hybridized carbons (Fsp3) is 0.250. The Morgan fingerprint density at radius 2 is 1.86 bits per heavy atom. The van der Waals surface area contributed by atoms with Gasteiger partial charge in [0.1, 0.15) is 10.7 Å². The zero-order chi connectivity index (χ0) is 9.90. The maximum atomic E-state index is 13.0. The molecule has 14 heavy (non-hydrogen) atoms. The number of nitrogens with two attached hydrogens (primary N) is 1. The van der Waals surface area contributed by atoms with E-state index in [-0.39, 0.29) is 29.6 Å². The zero-order valence-electron chi connectivity index (χ0n) is 7.31. The maximum absolute atomic E-state index is 13.0. The van der Waals surface area contributed by atoms with Gasteiger partial charge in [0.2, 0.25) is 0 Å². The number of halogens is 2. The molecule has 0 aliphatic rings. The van der Waals surface area contributed by atoms with Gasteiger partial charge in [-0.05, 0) is 12.1 Å². The second kappa shape index (κ2) is 5.29. The molecule has 1 aromatic rings. The molecule has 0 aliphatic heterocycles. The monoisotopic (exact) mass is 239 g/mol. The minimum absolute atomic E-state index is 0. The molecule has 0 saturated carbocycles. The first-order valence-corrected chi connectivity index (χ1v) is 5.40. The molecule has 2 N–H and O–H groups in total. The first kappa shape index (κ1) is 13.4. The van der Waals surface area contributed by atoms with Crippen LogP contribution in [0.4, 0.5) is 4.39 Å². The Kier molecular flexibility index (Phi) is 5.04. The summed E-state index contributed by atoms with van der Waals surface area (Å²) in [6.07, 6.45) is 0. The predicted molar refractivity (Wildman–Crippen MR) is 54.8 cm³/mol. The van der Waals surface area contributed by atoms with Gasteiger partial charge in [0, 0.05) is 6.54 Å². The molecule has 0 spiro atoms. The number of rotatable bonds is 3. The second-order valence-electron chi connectivity index (χ2n) is 2.54. The predicted octanol–water partition coefficient (Wildman–Crippen LogP) is 0.980. The van der Waals surface area contributed by atoms with Gasteiger partial charge in [0.25, 0.3) is 0 Å². The SMILES string of the molecule is Cl.NCCS(=O)(=O)c1ccccc1F. The van der Waals surface area contributed by atoms with Gasteiger partial charge in [-0.15, -0.1) is 12.4 Å². The van der Waals surface area contributed by atoms with Crippen LogP contribution >= 0.6 is 12.4 Å². The minimum atomic E-state index is -3.54. The molecule has 6 heteroatoms. The van der Waals surface area contributed by atoms with E-state index in [4.69, 9.17) is 5.73 Å². The number of benzene rings is 1. The van der Waals surface area contributed by atoms with Crippen LogP contribution in [-0.4, -0.2) is 20.7 Å². The summed E-state index contributed by atoms with van der Waals surface area (Å²) in [5, 5.41) is 0. The van der Waals surface area contributed by atoms with E-state index in [1.54, 1.807) is 0 Å². The van der Waals surface area contributed by atoms with Crippen molar-refractivity contribution >= 4 is 22.2 Å². The molecular formula is C8H11ClFNO2S. The van der Waals surface area contributed by atoms with Crippen molar-refractivity contribution in [3.8, 4) is 0 Å². The van der Waals surface area contributed by atoms with Crippen molar-refractivity contribution < 1.29 is 12.8 Å². The van der Waals surface area contributed by atoms with Gasteiger partial charge in [0.15, 0.2) is 9.84 Å². The Balaban J connectivity index is 0.00000169. The van der Waals surface area contributed by atoms with Crippen LogP contribution in [0.15, 0.2) is 29.2 Å². The highest BCUT2D eigenvalue weighted by atomic mass is 35.5. The molecule has 0 amide bonds. The summed E-state index contributed by atoms with van der Waals surface area (Å²) in [7, 11) is -3.54. The topological polar surface area (TPSA) is 60.2 Å². The summed E-state index contributed by atoms with van der Waals surface area (Å²) in [5.74, 6) is -0.954. The molecular weight excluding hydrogens is 229 g/mol. The van der Waals surface area contributed by atoms with E-state index < -0.39 is 15.7 Å². The molecule has 1 aromatic carbocycles. The Morgan fingerprint density at radius 1 is 1.29 bits per heavy atom. The summed E-state index contributed by atoms with van der Waals surface area (Å²) >= 11 is 0. The lowest BCUT2D eigenvalue weighted by Gasteiger charge is -2.02. The molecule has 0 atom stereocenters. The van der Waals surface area contributed by atoms with Gasteiger partial charge in [0.05, 0.1) is 5.75 Å². The smallest absolute Gasteiger partial charge is 0.182 e. The third-order valence-corrected chi connectivity index (χ3v) is 3.33. The zero-order valence-corrected chi connectivity index (χ0v) is 8.94. The number of hydrogen-bond donors (Lipinski definition) is 1. The van der Waals surface area contributed by atoms with Gasteiger partial charge < -0.3 is 5.73 Å². The highest BCUT2D eigenvalue weighted by Crippen LogP contribution is 2.14. The molecule has 0 radical (unpaired) electrons. The van der Waals surface area contributed by atoms with Crippen LogP contribution < -0.4 is 5.73 Å². The third-order valence-electron chi connectivity index (χ3n) is 1.56. The summed E-state index contributed by atoms with van der Waals surface area (Å²) in [5.41, 5.74) is 5.10. The molecule has 0 bridgehead atoms. The van der Waals surface area contributed by atoms with Crippen LogP contribution in [0.3, 0.4) is 0 Å². The summed E-state index contributed by atoms with van der Waals surface area (Å²) in [6, 6.07) is 5.27. The van der Waals surface area contributed by atoms with Gasteiger partial charge in [-0.3, -0.25) is 0 Å². The standard InChI is InChI=1S/C8H10FNO2S.ClH/c9-7-3-1-2-4-8(7)13(11,12)6-5-10;/h1-4H,5-6,10H2;1H. The van der Waals surface area contributed by atoms with E-state index in [0.717, 1.165) is 6.07 Å². The van der Waals surface area contributed by atoms with Gasteiger partial charge >= 0.3 is 0 Å². The lowest BCUT2D eigenvalue weighted by atomic mass is 10.3. The summed E-state index contributed by atoms with van der Waals surface area (Å²) in [4.78, 5) is -0.277. The van der Waals surface area contributed by atoms with Crippen LogP contribution in [0.1, 0.15) is 0 Å². The quantitative estimate of drug-likeness (QED) is 0.856. The maximum Gasteiger partial charge on any atom is 0.182 e. The van der Waals surface area contributed by atoms with Crippen molar-refractivity contribution in [2.45, 2.75) is 4.90 Å². The fourth-order valence-electron chi connectivity index (χ4n) is 0.962. The molecule has 0 heterocycles. The molecule has 0 fully saturated rings. The van der Waals surface area contributed by atoms with Crippen LogP contribution in [0.5, 0.6) is 0 Å². The van der Waals surface area contributed by atoms with Crippen molar-refractivity contribution in [2.24, 2.45) is 5.73 Å². The number of sulfone groups is 1. The first-order chi connectivity index (χ1) is 6.08. The van der Waals surface area contributed by atoms with Crippen molar-refractivity contribution in [1.82, 2.24) is 0 Å². The van der Waals surface area contributed by atoms with Crippen molar-refractivity contribution in [3.63, 3.8) is 0 Å².